The van der Waals surface area contributed by atoms with Crippen molar-refractivity contribution in [2.75, 3.05) is 0 Å². The van der Waals surface area contributed by atoms with Gasteiger partial charge in [-0.2, -0.15) is 0 Å². The highest BCUT2D eigenvalue weighted by Gasteiger charge is 2.26. The highest BCUT2D eigenvalue weighted by atomic mass is 16.4. The van der Waals surface area contributed by atoms with Gasteiger partial charge in [-0.3, -0.25) is 0 Å². The van der Waals surface area contributed by atoms with Gasteiger partial charge in [0, 0.05) is 6.08 Å². The zero-order valence-corrected chi connectivity index (χ0v) is 9.44. The minimum atomic E-state index is -0.824. The predicted octanol–water partition coefficient (Wildman–Crippen LogP) is 2.96. The van der Waals surface area contributed by atoms with Crippen LogP contribution in [0.25, 0.3) is 0 Å². The summed E-state index contributed by atoms with van der Waals surface area (Å²) in [7, 11) is 0. The monoisotopic (exact) mass is 216 g/mol. The smallest absolute Gasteiger partial charge is 0.328 e. The molecule has 0 radical (unpaired) electrons. The molecule has 0 aromatic heterocycles. The van der Waals surface area contributed by atoms with Crippen molar-refractivity contribution < 1.29 is 9.90 Å². The number of allylic oxidation sites excluding steroid dienone is 1. The quantitative estimate of drug-likeness (QED) is 0.786. The molecule has 84 valence electrons. The second-order valence-corrected chi connectivity index (χ2v) is 4.50. The van der Waals surface area contributed by atoms with Crippen molar-refractivity contribution in [2.45, 2.75) is 26.2 Å². The Labute approximate surface area is 95.6 Å². The van der Waals surface area contributed by atoms with Gasteiger partial charge >= 0.3 is 5.97 Å². The molecule has 0 heterocycles. The lowest BCUT2D eigenvalue weighted by molar-refractivity contribution is -0.131. The molecule has 16 heavy (non-hydrogen) atoms. The van der Waals surface area contributed by atoms with E-state index in [0.29, 0.717) is 5.92 Å². The summed E-state index contributed by atoms with van der Waals surface area (Å²) in [5, 5.41) is 8.82. The van der Waals surface area contributed by atoms with E-state index < -0.39 is 5.97 Å². The first-order valence-corrected chi connectivity index (χ1v) is 5.64. The fraction of sp³-hybridized carbons (Fsp3) is 0.357. The van der Waals surface area contributed by atoms with Crippen LogP contribution in [-0.2, 0) is 11.2 Å². The lowest BCUT2D eigenvalue weighted by Crippen LogP contribution is -1.98. The molecule has 2 rings (SSSR count). The van der Waals surface area contributed by atoms with Crippen LogP contribution in [0.4, 0.5) is 0 Å². The van der Waals surface area contributed by atoms with Crippen LogP contribution >= 0.6 is 0 Å². The molecule has 1 aliphatic rings. The zero-order valence-electron chi connectivity index (χ0n) is 9.44. The fourth-order valence-electron chi connectivity index (χ4n) is 1.98. The maximum atomic E-state index is 10.7. The number of rotatable bonds is 4. The molecule has 2 heteroatoms. The molecule has 1 aliphatic carbocycles. The Hall–Kier alpha value is -1.57. The van der Waals surface area contributed by atoms with Gasteiger partial charge in [-0.1, -0.05) is 35.4 Å². The van der Waals surface area contributed by atoms with Gasteiger partial charge in [0.2, 0.25) is 0 Å². The van der Waals surface area contributed by atoms with Crippen LogP contribution in [0, 0.1) is 12.8 Å². The van der Waals surface area contributed by atoms with Crippen molar-refractivity contribution in [3.05, 3.63) is 47.0 Å². The summed E-state index contributed by atoms with van der Waals surface area (Å²) in [6.07, 6.45) is 4.45. The normalized spacial score (nSPS) is 16.2. The third-order valence-corrected chi connectivity index (χ3v) is 2.90. The van der Waals surface area contributed by atoms with Gasteiger partial charge in [-0.05, 0) is 37.7 Å². The second kappa shape index (κ2) is 4.52. The molecule has 2 nitrogen and oxygen atoms in total. The SMILES string of the molecule is Cc1cccc(C/C(=C/C(=O)O)C2CC2)c1. The molecule has 0 aliphatic heterocycles. The van der Waals surface area contributed by atoms with Gasteiger partial charge in [-0.25, -0.2) is 4.79 Å². The number of carbonyl (C=O) groups is 1. The number of carboxylic acids is 1. The van der Waals surface area contributed by atoms with E-state index in [9.17, 15) is 4.79 Å². The summed E-state index contributed by atoms with van der Waals surface area (Å²) in [6.45, 7) is 2.06. The zero-order chi connectivity index (χ0) is 11.5. The van der Waals surface area contributed by atoms with E-state index in [0.717, 1.165) is 24.8 Å². The van der Waals surface area contributed by atoms with Crippen molar-refractivity contribution in [2.24, 2.45) is 5.92 Å². The first-order chi connectivity index (χ1) is 7.65. The molecule has 1 fully saturated rings. The third-order valence-electron chi connectivity index (χ3n) is 2.90. The van der Waals surface area contributed by atoms with E-state index in [-0.39, 0.29) is 0 Å². The topological polar surface area (TPSA) is 37.3 Å². The van der Waals surface area contributed by atoms with E-state index in [1.165, 1.54) is 17.2 Å². The maximum Gasteiger partial charge on any atom is 0.328 e. The minimum Gasteiger partial charge on any atom is -0.478 e. The molecular formula is C14H16O2. The minimum absolute atomic E-state index is 0.511. The van der Waals surface area contributed by atoms with Gasteiger partial charge in [0.1, 0.15) is 0 Å². The average Bonchev–Trinajstić information content (AvgIpc) is 2.99. The Bertz CT molecular complexity index is 428. The highest BCUT2D eigenvalue weighted by Crippen LogP contribution is 2.38. The van der Waals surface area contributed by atoms with Crippen LogP contribution in [0.1, 0.15) is 24.0 Å². The highest BCUT2D eigenvalue weighted by molar-refractivity contribution is 5.81. The van der Waals surface area contributed by atoms with Crippen molar-refractivity contribution >= 4 is 5.97 Å². The number of hydrogen-bond donors (Lipinski definition) is 1. The van der Waals surface area contributed by atoms with Crippen LogP contribution in [-0.4, -0.2) is 11.1 Å². The summed E-state index contributed by atoms with van der Waals surface area (Å²) < 4.78 is 0. The number of hydrogen-bond acceptors (Lipinski definition) is 1. The molecule has 1 saturated carbocycles. The number of aliphatic carboxylic acids is 1. The van der Waals surface area contributed by atoms with Gasteiger partial charge in [0.15, 0.2) is 0 Å². The Balaban J connectivity index is 2.14. The maximum absolute atomic E-state index is 10.7. The molecule has 0 atom stereocenters. The molecule has 1 aromatic carbocycles. The van der Waals surface area contributed by atoms with Crippen molar-refractivity contribution in [3.8, 4) is 0 Å². The Morgan fingerprint density at radius 3 is 2.81 bits per heavy atom. The Morgan fingerprint density at radius 1 is 1.50 bits per heavy atom. The molecule has 0 spiro atoms. The standard InChI is InChI=1S/C14H16O2/c1-10-3-2-4-11(7-10)8-13(9-14(15)16)12-5-6-12/h2-4,7,9,12H,5-6,8H2,1H3,(H,15,16)/b13-9-. The van der Waals surface area contributed by atoms with Gasteiger partial charge < -0.3 is 5.11 Å². The summed E-state index contributed by atoms with van der Waals surface area (Å²) in [5.74, 6) is -0.314. The molecule has 1 N–H and O–H groups in total. The van der Waals surface area contributed by atoms with Gasteiger partial charge in [0.05, 0.1) is 0 Å². The van der Waals surface area contributed by atoms with E-state index in [2.05, 4.69) is 25.1 Å². The van der Waals surface area contributed by atoms with Crippen LogP contribution in [0.3, 0.4) is 0 Å². The Morgan fingerprint density at radius 2 is 2.25 bits per heavy atom. The lowest BCUT2D eigenvalue weighted by Gasteiger charge is -2.06. The third kappa shape index (κ3) is 2.96. The van der Waals surface area contributed by atoms with Crippen LogP contribution < -0.4 is 0 Å². The van der Waals surface area contributed by atoms with Crippen LogP contribution in [0.5, 0.6) is 0 Å². The molecule has 1 aromatic rings. The summed E-state index contributed by atoms with van der Waals surface area (Å²) in [4.78, 5) is 10.7. The largest absolute Gasteiger partial charge is 0.478 e. The number of benzene rings is 1. The average molecular weight is 216 g/mol. The first-order valence-electron chi connectivity index (χ1n) is 5.64. The van der Waals surface area contributed by atoms with Crippen LogP contribution in [0.2, 0.25) is 0 Å². The van der Waals surface area contributed by atoms with Crippen LogP contribution in [0.15, 0.2) is 35.9 Å². The van der Waals surface area contributed by atoms with Crippen molar-refractivity contribution in [3.63, 3.8) is 0 Å². The van der Waals surface area contributed by atoms with E-state index in [1.807, 2.05) is 6.07 Å². The van der Waals surface area contributed by atoms with Crippen molar-refractivity contribution in [1.29, 1.82) is 0 Å². The van der Waals surface area contributed by atoms with Gasteiger partial charge in [0.25, 0.3) is 0 Å². The second-order valence-electron chi connectivity index (χ2n) is 4.50. The summed E-state index contributed by atoms with van der Waals surface area (Å²) >= 11 is 0. The fourth-order valence-corrected chi connectivity index (χ4v) is 1.98. The number of aryl methyl sites for hydroxylation is 1. The summed E-state index contributed by atoms with van der Waals surface area (Å²) in [5.41, 5.74) is 3.50. The van der Waals surface area contributed by atoms with Crippen molar-refractivity contribution in [1.82, 2.24) is 0 Å². The van der Waals surface area contributed by atoms with E-state index in [4.69, 9.17) is 5.11 Å². The predicted molar refractivity (Wildman–Crippen MR) is 63.3 cm³/mol. The molecule has 0 unspecified atom stereocenters. The molecule has 0 bridgehead atoms. The number of carboxylic acid groups (broad SMARTS) is 1. The first kappa shape index (κ1) is 10.9. The molecule has 0 amide bonds. The van der Waals surface area contributed by atoms with E-state index in [1.54, 1.807) is 0 Å². The Kier molecular flexibility index (Phi) is 3.09. The van der Waals surface area contributed by atoms with Gasteiger partial charge in [-0.15, -0.1) is 0 Å². The lowest BCUT2D eigenvalue weighted by atomic mass is 10.00. The molecular weight excluding hydrogens is 200 g/mol. The summed E-state index contributed by atoms with van der Waals surface area (Å²) in [6, 6.07) is 8.26. The van der Waals surface area contributed by atoms with E-state index >= 15 is 0 Å². The molecule has 0 saturated heterocycles.